The maximum atomic E-state index is 12.4. The Morgan fingerprint density at radius 3 is 2.30 bits per heavy atom. The quantitative estimate of drug-likeness (QED) is 0.888. The lowest BCUT2D eigenvalue weighted by Gasteiger charge is -2.45. The Kier molecular flexibility index (Phi) is 4.01. The first-order chi connectivity index (χ1) is 9.57. The first kappa shape index (κ1) is 14.3. The Labute approximate surface area is 124 Å². The highest BCUT2D eigenvalue weighted by Gasteiger charge is 2.39. The summed E-state index contributed by atoms with van der Waals surface area (Å²) in [6, 6.07) is 6.72. The van der Waals surface area contributed by atoms with Crippen LogP contribution in [0, 0.1) is 0 Å². The fourth-order valence-electron chi connectivity index (χ4n) is 2.65. The number of hydrogen-bond acceptors (Lipinski definition) is 4. The van der Waals surface area contributed by atoms with E-state index in [9.17, 15) is 8.42 Å². The Bertz CT molecular complexity index is 564. The van der Waals surface area contributed by atoms with E-state index in [1.54, 1.807) is 28.6 Å². The zero-order valence-corrected chi connectivity index (χ0v) is 12.7. The lowest BCUT2D eigenvalue weighted by Crippen LogP contribution is -2.63. The van der Waals surface area contributed by atoms with Gasteiger partial charge in [-0.15, -0.1) is 0 Å². The van der Waals surface area contributed by atoms with Crippen LogP contribution in [0.3, 0.4) is 0 Å². The van der Waals surface area contributed by atoms with Crippen molar-refractivity contribution in [3.05, 3.63) is 29.3 Å². The van der Waals surface area contributed by atoms with E-state index >= 15 is 0 Å². The van der Waals surface area contributed by atoms with Gasteiger partial charge in [-0.25, -0.2) is 8.42 Å². The smallest absolute Gasteiger partial charge is 0.243 e. The molecule has 0 saturated carbocycles. The molecule has 0 amide bonds. The minimum Gasteiger partial charge on any atom is -0.314 e. The Balaban J connectivity index is 1.64. The van der Waals surface area contributed by atoms with Crippen molar-refractivity contribution < 1.29 is 8.42 Å². The van der Waals surface area contributed by atoms with Crippen LogP contribution in [0.5, 0.6) is 0 Å². The number of nitrogens with one attached hydrogen (secondary N) is 1. The van der Waals surface area contributed by atoms with E-state index in [-0.39, 0.29) is 0 Å². The molecule has 2 aliphatic rings. The summed E-state index contributed by atoms with van der Waals surface area (Å²) in [5.74, 6) is 0. The Morgan fingerprint density at radius 1 is 1.10 bits per heavy atom. The van der Waals surface area contributed by atoms with Gasteiger partial charge in [0.15, 0.2) is 0 Å². The molecule has 3 rings (SSSR count). The first-order valence-electron chi connectivity index (χ1n) is 6.78. The van der Waals surface area contributed by atoms with Crippen molar-refractivity contribution in [3.63, 3.8) is 0 Å². The molecule has 7 heteroatoms. The topological polar surface area (TPSA) is 52.7 Å². The normalized spacial score (nSPS) is 22.6. The molecule has 2 saturated heterocycles. The largest absolute Gasteiger partial charge is 0.314 e. The fourth-order valence-corrected chi connectivity index (χ4v) is 4.29. The van der Waals surface area contributed by atoms with Crippen molar-refractivity contribution in [2.75, 3.05) is 39.3 Å². The molecule has 1 aromatic carbocycles. The molecule has 1 N–H and O–H groups in total. The van der Waals surface area contributed by atoms with Gasteiger partial charge >= 0.3 is 0 Å². The lowest BCUT2D eigenvalue weighted by molar-refractivity contribution is 0.0773. The minimum atomic E-state index is -3.36. The second-order valence-corrected chi connectivity index (χ2v) is 7.59. The van der Waals surface area contributed by atoms with Gasteiger partial charge in [-0.05, 0) is 24.3 Å². The van der Waals surface area contributed by atoms with Gasteiger partial charge in [-0.1, -0.05) is 11.6 Å². The summed E-state index contributed by atoms with van der Waals surface area (Å²) in [5.41, 5.74) is 0. The molecule has 5 nitrogen and oxygen atoms in total. The van der Waals surface area contributed by atoms with Gasteiger partial charge in [0.1, 0.15) is 0 Å². The minimum absolute atomic E-state index is 0.320. The highest BCUT2D eigenvalue weighted by molar-refractivity contribution is 7.89. The summed E-state index contributed by atoms with van der Waals surface area (Å²) in [6.45, 7) is 5.15. The van der Waals surface area contributed by atoms with E-state index in [2.05, 4.69) is 10.2 Å². The zero-order valence-electron chi connectivity index (χ0n) is 11.1. The third kappa shape index (κ3) is 2.71. The molecule has 20 heavy (non-hydrogen) atoms. The average Bonchev–Trinajstić information content (AvgIpc) is 2.38. The summed E-state index contributed by atoms with van der Waals surface area (Å²) >= 11 is 5.79. The molecule has 0 atom stereocenters. The summed E-state index contributed by atoms with van der Waals surface area (Å²) in [6.07, 6.45) is 0. The molecule has 0 radical (unpaired) electrons. The maximum Gasteiger partial charge on any atom is 0.243 e. The van der Waals surface area contributed by atoms with Crippen molar-refractivity contribution >= 4 is 21.6 Å². The Hall–Kier alpha value is -0.660. The van der Waals surface area contributed by atoms with Crippen molar-refractivity contribution in [1.29, 1.82) is 0 Å². The third-order valence-corrected chi connectivity index (χ3v) is 6.05. The summed E-state index contributed by atoms with van der Waals surface area (Å²) in [7, 11) is -3.36. The van der Waals surface area contributed by atoms with E-state index in [0.29, 0.717) is 29.0 Å². The van der Waals surface area contributed by atoms with Crippen LogP contribution in [-0.4, -0.2) is 62.9 Å². The molecule has 0 bridgehead atoms. The van der Waals surface area contributed by atoms with E-state index in [1.165, 1.54) is 0 Å². The van der Waals surface area contributed by atoms with Crippen LogP contribution in [0.15, 0.2) is 29.2 Å². The number of halogens is 1. The van der Waals surface area contributed by atoms with Crippen molar-refractivity contribution in [2.45, 2.75) is 10.9 Å². The molecular weight excluding hydrogens is 298 g/mol. The second-order valence-electron chi connectivity index (χ2n) is 5.22. The molecule has 110 valence electrons. The zero-order chi connectivity index (χ0) is 14.2. The molecule has 2 aliphatic heterocycles. The maximum absolute atomic E-state index is 12.4. The number of nitrogens with zero attached hydrogens (tertiary/aromatic N) is 2. The number of rotatable bonds is 3. The van der Waals surface area contributed by atoms with Crippen LogP contribution >= 0.6 is 11.6 Å². The van der Waals surface area contributed by atoms with Gasteiger partial charge in [-0.3, -0.25) is 4.90 Å². The molecule has 0 unspecified atom stereocenters. The molecule has 2 heterocycles. The van der Waals surface area contributed by atoms with Crippen LogP contribution < -0.4 is 5.32 Å². The third-order valence-electron chi connectivity index (χ3n) is 3.95. The highest BCUT2D eigenvalue weighted by Crippen LogP contribution is 2.25. The lowest BCUT2D eigenvalue weighted by atomic mass is 10.1. The molecule has 0 aromatic heterocycles. The van der Waals surface area contributed by atoms with Gasteiger partial charge in [0.2, 0.25) is 10.0 Å². The Morgan fingerprint density at radius 2 is 1.70 bits per heavy atom. The van der Waals surface area contributed by atoms with Crippen LogP contribution in [-0.2, 0) is 10.0 Å². The van der Waals surface area contributed by atoms with Crippen molar-refractivity contribution in [2.24, 2.45) is 0 Å². The van der Waals surface area contributed by atoms with Crippen LogP contribution in [0.1, 0.15) is 0 Å². The predicted octanol–water partition coefficient (Wildman–Crippen LogP) is 0.618. The van der Waals surface area contributed by atoms with E-state index in [4.69, 9.17) is 11.6 Å². The summed E-state index contributed by atoms with van der Waals surface area (Å²) in [5, 5.41) is 3.85. The standard InChI is InChI=1S/C13H18ClN3O2S/c14-11-1-3-13(4-2-11)20(18,19)17-9-12(10-17)16-7-5-15-6-8-16/h1-4,12,15H,5-10H2. The molecule has 2 fully saturated rings. The number of sulfonamides is 1. The van der Waals surface area contributed by atoms with E-state index < -0.39 is 10.0 Å². The van der Waals surface area contributed by atoms with Gasteiger partial charge < -0.3 is 5.32 Å². The summed E-state index contributed by atoms with van der Waals surface area (Å²) < 4.78 is 26.4. The molecular formula is C13H18ClN3O2S. The van der Waals surface area contributed by atoms with E-state index in [1.807, 2.05) is 0 Å². The van der Waals surface area contributed by atoms with Gasteiger partial charge in [0.25, 0.3) is 0 Å². The summed E-state index contributed by atoms with van der Waals surface area (Å²) in [4.78, 5) is 2.69. The number of benzene rings is 1. The highest BCUT2D eigenvalue weighted by atomic mass is 35.5. The monoisotopic (exact) mass is 315 g/mol. The SMILES string of the molecule is O=S(=O)(c1ccc(Cl)cc1)N1CC(N2CCNCC2)C1. The van der Waals surface area contributed by atoms with E-state index in [0.717, 1.165) is 26.2 Å². The molecule has 1 aromatic rings. The first-order valence-corrected chi connectivity index (χ1v) is 8.60. The number of piperazine rings is 1. The number of hydrogen-bond donors (Lipinski definition) is 1. The molecule has 0 aliphatic carbocycles. The fraction of sp³-hybridized carbons (Fsp3) is 0.538. The van der Waals surface area contributed by atoms with Crippen LogP contribution in [0.25, 0.3) is 0 Å². The van der Waals surface area contributed by atoms with Crippen LogP contribution in [0.2, 0.25) is 5.02 Å². The van der Waals surface area contributed by atoms with Gasteiger partial charge in [0, 0.05) is 50.3 Å². The predicted molar refractivity (Wildman–Crippen MR) is 78.4 cm³/mol. The molecule has 0 spiro atoms. The van der Waals surface area contributed by atoms with Crippen molar-refractivity contribution in [1.82, 2.24) is 14.5 Å². The van der Waals surface area contributed by atoms with Gasteiger partial charge in [-0.2, -0.15) is 4.31 Å². The average molecular weight is 316 g/mol. The van der Waals surface area contributed by atoms with Crippen molar-refractivity contribution in [3.8, 4) is 0 Å². The van der Waals surface area contributed by atoms with Crippen LogP contribution in [0.4, 0.5) is 0 Å². The second kappa shape index (κ2) is 5.61. The van der Waals surface area contributed by atoms with Gasteiger partial charge in [0.05, 0.1) is 4.90 Å².